The molecule has 0 spiro atoms. The van der Waals surface area contributed by atoms with Crippen LogP contribution >= 0.6 is 22.9 Å². The summed E-state index contributed by atoms with van der Waals surface area (Å²) in [6, 6.07) is 6.68. The quantitative estimate of drug-likeness (QED) is 0.822. The third kappa shape index (κ3) is 4.70. The lowest BCUT2D eigenvalue weighted by atomic mass is 10.2. The Kier molecular flexibility index (Phi) is 6.03. The largest absolute Gasteiger partial charge is 0.351 e. The van der Waals surface area contributed by atoms with Crippen molar-refractivity contribution in [2.75, 3.05) is 11.4 Å². The number of halogens is 1. The minimum atomic E-state index is 0.453. The summed E-state index contributed by atoms with van der Waals surface area (Å²) in [6.45, 7) is 8.91. The fraction of sp³-hybridized carbons (Fsp3) is 0.438. The highest BCUT2D eigenvalue weighted by molar-refractivity contribution is 7.09. The van der Waals surface area contributed by atoms with E-state index in [0.29, 0.717) is 6.04 Å². The van der Waals surface area contributed by atoms with Crippen LogP contribution in [0, 0.1) is 0 Å². The predicted octanol–water partition coefficient (Wildman–Crippen LogP) is 4.32. The minimum Gasteiger partial charge on any atom is -0.351 e. The Bertz CT molecular complexity index is 555. The first-order valence-electron chi connectivity index (χ1n) is 7.25. The second kappa shape index (κ2) is 7.78. The first-order valence-corrected chi connectivity index (χ1v) is 8.51. The summed E-state index contributed by atoms with van der Waals surface area (Å²) in [5, 5.41) is 6.19. The average molecular weight is 324 g/mol. The van der Waals surface area contributed by atoms with Crippen LogP contribution in [0.25, 0.3) is 0 Å². The number of pyridine rings is 1. The Morgan fingerprint density at radius 2 is 2.24 bits per heavy atom. The van der Waals surface area contributed by atoms with E-state index in [2.05, 4.69) is 53.5 Å². The zero-order valence-electron chi connectivity index (χ0n) is 12.8. The molecule has 0 saturated carbocycles. The maximum atomic E-state index is 6.43. The molecule has 3 nitrogen and oxygen atoms in total. The van der Waals surface area contributed by atoms with E-state index in [1.54, 1.807) is 11.3 Å². The van der Waals surface area contributed by atoms with E-state index in [-0.39, 0.29) is 0 Å². The topological polar surface area (TPSA) is 28.2 Å². The van der Waals surface area contributed by atoms with E-state index in [1.165, 1.54) is 4.88 Å². The summed E-state index contributed by atoms with van der Waals surface area (Å²) in [6.07, 6.45) is 1.91. The third-order valence-electron chi connectivity index (χ3n) is 3.20. The van der Waals surface area contributed by atoms with Gasteiger partial charge in [-0.05, 0) is 30.0 Å². The molecular weight excluding hydrogens is 302 g/mol. The number of hydrogen-bond donors (Lipinski definition) is 1. The van der Waals surface area contributed by atoms with Crippen molar-refractivity contribution >= 4 is 28.8 Å². The van der Waals surface area contributed by atoms with E-state index in [1.807, 2.05) is 12.3 Å². The first kappa shape index (κ1) is 16.3. The Balaban J connectivity index is 2.10. The summed E-state index contributed by atoms with van der Waals surface area (Å²) >= 11 is 8.19. The highest BCUT2D eigenvalue weighted by Crippen LogP contribution is 2.26. The number of anilines is 1. The molecule has 2 rings (SSSR count). The zero-order chi connectivity index (χ0) is 15.2. The highest BCUT2D eigenvalue weighted by Gasteiger charge is 2.12. The van der Waals surface area contributed by atoms with Crippen LogP contribution in [0.4, 0.5) is 5.82 Å². The summed E-state index contributed by atoms with van der Waals surface area (Å²) in [5.74, 6) is 0.862. The van der Waals surface area contributed by atoms with Crippen molar-refractivity contribution in [3.8, 4) is 0 Å². The Morgan fingerprint density at radius 3 is 2.81 bits per heavy atom. The van der Waals surface area contributed by atoms with Gasteiger partial charge in [0.05, 0.1) is 11.6 Å². The second-order valence-corrected chi connectivity index (χ2v) is 6.72. The molecule has 0 aliphatic rings. The fourth-order valence-corrected chi connectivity index (χ4v) is 3.08. The Labute approximate surface area is 136 Å². The van der Waals surface area contributed by atoms with Crippen molar-refractivity contribution in [2.45, 2.75) is 39.9 Å². The Morgan fingerprint density at radius 1 is 1.43 bits per heavy atom. The van der Waals surface area contributed by atoms with Crippen LogP contribution in [0.5, 0.6) is 0 Å². The normalized spacial score (nSPS) is 11.1. The van der Waals surface area contributed by atoms with Gasteiger partial charge in [0.25, 0.3) is 0 Å². The van der Waals surface area contributed by atoms with Gasteiger partial charge in [0.1, 0.15) is 5.82 Å². The number of thiophene rings is 1. The highest BCUT2D eigenvalue weighted by atomic mass is 35.5. The molecular formula is C16H22ClN3S. The van der Waals surface area contributed by atoms with E-state index in [0.717, 1.165) is 36.0 Å². The van der Waals surface area contributed by atoms with Crippen LogP contribution in [0.15, 0.2) is 29.8 Å². The summed E-state index contributed by atoms with van der Waals surface area (Å²) < 4.78 is 0. The average Bonchev–Trinajstić information content (AvgIpc) is 2.96. The molecule has 21 heavy (non-hydrogen) atoms. The molecule has 0 fully saturated rings. The van der Waals surface area contributed by atoms with E-state index in [9.17, 15) is 0 Å². The summed E-state index contributed by atoms with van der Waals surface area (Å²) in [4.78, 5) is 8.09. The number of hydrogen-bond acceptors (Lipinski definition) is 4. The third-order valence-corrected chi connectivity index (χ3v) is 4.34. The molecule has 0 saturated heterocycles. The van der Waals surface area contributed by atoms with Gasteiger partial charge < -0.3 is 10.2 Å². The molecule has 0 aliphatic carbocycles. The molecule has 114 valence electrons. The minimum absolute atomic E-state index is 0.453. The van der Waals surface area contributed by atoms with Gasteiger partial charge in [-0.3, -0.25) is 0 Å². The van der Waals surface area contributed by atoms with E-state index < -0.39 is 0 Å². The van der Waals surface area contributed by atoms with Crippen LogP contribution in [0.1, 0.15) is 31.2 Å². The summed E-state index contributed by atoms with van der Waals surface area (Å²) in [7, 11) is 0. The van der Waals surface area contributed by atoms with Crippen LogP contribution in [0.3, 0.4) is 0 Å². The molecule has 0 aliphatic heterocycles. The van der Waals surface area contributed by atoms with Gasteiger partial charge in [0.15, 0.2) is 0 Å². The molecule has 0 unspecified atom stereocenters. The van der Waals surface area contributed by atoms with Crippen LogP contribution in [0.2, 0.25) is 5.02 Å². The van der Waals surface area contributed by atoms with Crippen molar-refractivity contribution in [1.82, 2.24) is 10.3 Å². The predicted molar refractivity (Wildman–Crippen MR) is 92.3 cm³/mol. The molecule has 0 atom stereocenters. The van der Waals surface area contributed by atoms with Gasteiger partial charge in [-0.2, -0.15) is 0 Å². The van der Waals surface area contributed by atoms with E-state index >= 15 is 0 Å². The Hall–Kier alpha value is -1.10. The summed E-state index contributed by atoms with van der Waals surface area (Å²) in [5.41, 5.74) is 1.12. The first-order chi connectivity index (χ1) is 10.1. The van der Waals surface area contributed by atoms with Crippen molar-refractivity contribution in [1.29, 1.82) is 0 Å². The van der Waals surface area contributed by atoms with E-state index in [4.69, 9.17) is 11.6 Å². The van der Waals surface area contributed by atoms with Gasteiger partial charge in [-0.15, -0.1) is 11.3 Å². The maximum absolute atomic E-state index is 6.43. The second-order valence-electron chi connectivity index (χ2n) is 5.28. The van der Waals surface area contributed by atoms with Gasteiger partial charge in [-0.1, -0.05) is 31.5 Å². The van der Waals surface area contributed by atoms with Crippen molar-refractivity contribution in [3.63, 3.8) is 0 Å². The lowest BCUT2D eigenvalue weighted by molar-refractivity contribution is 0.588. The number of nitrogens with zero attached hydrogens (tertiary/aromatic N) is 2. The molecule has 0 bridgehead atoms. The van der Waals surface area contributed by atoms with Crippen LogP contribution < -0.4 is 10.2 Å². The molecule has 1 N–H and O–H groups in total. The molecule has 5 heteroatoms. The molecule has 2 aromatic heterocycles. The number of rotatable bonds is 7. The molecule has 0 aromatic carbocycles. The number of aromatic nitrogens is 1. The maximum Gasteiger partial charge on any atom is 0.147 e. The smallest absolute Gasteiger partial charge is 0.147 e. The van der Waals surface area contributed by atoms with Crippen molar-refractivity contribution in [3.05, 3.63) is 45.2 Å². The van der Waals surface area contributed by atoms with Crippen LogP contribution in [-0.2, 0) is 13.1 Å². The molecule has 0 radical (unpaired) electrons. The van der Waals surface area contributed by atoms with Crippen molar-refractivity contribution in [2.24, 2.45) is 0 Å². The van der Waals surface area contributed by atoms with Gasteiger partial charge in [-0.25, -0.2) is 4.98 Å². The monoisotopic (exact) mass is 323 g/mol. The van der Waals surface area contributed by atoms with Crippen molar-refractivity contribution < 1.29 is 0 Å². The van der Waals surface area contributed by atoms with Gasteiger partial charge >= 0.3 is 0 Å². The van der Waals surface area contributed by atoms with Gasteiger partial charge in [0, 0.05) is 30.2 Å². The standard InChI is InChI=1S/C16H22ClN3S/c1-4-20(11-14-6-5-7-21-14)16-15(17)8-13(10-19-16)9-18-12(2)3/h5-8,10,12,18H,4,9,11H2,1-3H3. The number of nitrogens with one attached hydrogen (secondary N) is 1. The molecule has 2 aromatic rings. The zero-order valence-corrected chi connectivity index (χ0v) is 14.3. The molecule has 0 amide bonds. The lowest BCUT2D eigenvalue weighted by Gasteiger charge is -2.22. The van der Waals surface area contributed by atoms with Crippen LogP contribution in [-0.4, -0.2) is 17.6 Å². The lowest BCUT2D eigenvalue weighted by Crippen LogP contribution is -2.24. The SMILES string of the molecule is CCN(Cc1cccs1)c1ncc(CNC(C)C)cc1Cl. The molecule has 2 heterocycles. The van der Waals surface area contributed by atoms with Gasteiger partial charge in [0.2, 0.25) is 0 Å². The fourth-order valence-electron chi connectivity index (χ4n) is 2.05.